The number of halogens is 4. The molecule has 1 aromatic carbocycles. The Labute approximate surface area is 196 Å². The lowest BCUT2D eigenvalue weighted by molar-refractivity contribution is -0.0939. The molecule has 2 aromatic rings. The summed E-state index contributed by atoms with van der Waals surface area (Å²) in [6.45, 7) is 4.68. The molecule has 1 N–H and O–H groups in total. The lowest BCUT2D eigenvalue weighted by Crippen LogP contribution is -2.60. The molecule has 1 aromatic heterocycles. The number of ether oxygens (including phenoxy) is 1. The first-order chi connectivity index (χ1) is 15.3. The summed E-state index contributed by atoms with van der Waals surface area (Å²) < 4.78 is 76.4. The molecule has 33 heavy (non-hydrogen) atoms. The molecule has 2 heterocycles. The fourth-order valence-electron chi connectivity index (χ4n) is 4.01. The van der Waals surface area contributed by atoms with Gasteiger partial charge in [-0.15, -0.1) is 0 Å². The minimum absolute atomic E-state index is 0.0166. The van der Waals surface area contributed by atoms with Crippen molar-refractivity contribution in [3.63, 3.8) is 0 Å². The van der Waals surface area contributed by atoms with Crippen LogP contribution in [0, 0.1) is 17.6 Å². The lowest BCUT2D eigenvalue weighted by atomic mass is 9.80. The number of rotatable bonds is 7. The number of benzene rings is 1. The van der Waals surface area contributed by atoms with E-state index in [1.54, 1.807) is 12.0 Å². The number of nitrogens with one attached hydrogen (secondary N) is 1. The summed E-state index contributed by atoms with van der Waals surface area (Å²) in [5.41, 5.74) is -1.07. The van der Waals surface area contributed by atoms with Crippen LogP contribution in [0.15, 0.2) is 29.2 Å². The van der Waals surface area contributed by atoms with E-state index < -0.39 is 54.5 Å². The van der Waals surface area contributed by atoms with Gasteiger partial charge in [0.15, 0.2) is 10.7 Å². The van der Waals surface area contributed by atoms with E-state index in [0.717, 1.165) is 18.2 Å². The number of sulfonamides is 1. The zero-order valence-electron chi connectivity index (χ0n) is 18.9. The maximum Gasteiger partial charge on any atom is 0.268 e. The fourth-order valence-corrected chi connectivity index (χ4v) is 5.48. The first kappa shape index (κ1) is 25.5. The average molecular weight is 507 g/mol. The molecule has 0 spiro atoms. The molecule has 1 aliphatic rings. The molecule has 0 radical (unpaired) electrons. The monoisotopic (exact) mass is 506 g/mol. The van der Waals surface area contributed by atoms with E-state index in [1.165, 1.54) is 6.07 Å². The van der Waals surface area contributed by atoms with Crippen molar-refractivity contribution in [1.29, 1.82) is 0 Å². The van der Waals surface area contributed by atoms with Crippen molar-refractivity contribution in [2.45, 2.75) is 36.3 Å². The molecule has 0 amide bonds. The van der Waals surface area contributed by atoms with Gasteiger partial charge in [-0.1, -0.05) is 17.7 Å². The van der Waals surface area contributed by atoms with Crippen LogP contribution >= 0.6 is 11.6 Å². The first-order valence-corrected chi connectivity index (χ1v) is 11.9. The van der Waals surface area contributed by atoms with E-state index in [9.17, 15) is 17.2 Å². The normalized spacial score (nSPS) is 19.4. The third-order valence-corrected chi connectivity index (χ3v) is 8.27. The summed E-state index contributed by atoms with van der Waals surface area (Å²) in [4.78, 5) is 5.75. The Morgan fingerprint density at radius 1 is 1.27 bits per heavy atom. The molecule has 1 atom stereocenters. The second kappa shape index (κ2) is 8.94. The second-order valence-corrected chi connectivity index (χ2v) is 10.6. The van der Waals surface area contributed by atoms with Gasteiger partial charge in [0.2, 0.25) is 5.95 Å². The summed E-state index contributed by atoms with van der Waals surface area (Å²) in [6.07, 6.45) is 0.557. The van der Waals surface area contributed by atoms with Crippen molar-refractivity contribution in [2.75, 3.05) is 43.9 Å². The van der Waals surface area contributed by atoms with Crippen LogP contribution in [0.1, 0.15) is 20.3 Å². The van der Waals surface area contributed by atoms with E-state index in [1.807, 2.05) is 37.6 Å². The van der Waals surface area contributed by atoms with Crippen LogP contribution in [-0.4, -0.2) is 63.7 Å². The molecule has 3 rings (SSSR count). The summed E-state index contributed by atoms with van der Waals surface area (Å²) in [5, 5.41) is -0.543. The quantitative estimate of drug-likeness (QED) is 0.453. The molecule has 182 valence electrons. The number of hydrogen-bond acceptors (Lipinski definition) is 6. The van der Waals surface area contributed by atoms with Crippen molar-refractivity contribution in [1.82, 2.24) is 9.88 Å². The standard InChI is InChI=1S/C21H26ClF3N4O3S/c1-20(2,28(3)4)21(32-5)9-10-29(12-21)14-11-13(23)19(18(25)17(14)22)33(30,31)27-16-8-6-7-15(24)26-16/h6-8,11H,9-10,12H2,1-5H3,(H,26,27)/t21-/m0/s1. The number of hydrogen-bond donors (Lipinski definition) is 1. The summed E-state index contributed by atoms with van der Waals surface area (Å²) in [7, 11) is 0.628. The zero-order chi connectivity index (χ0) is 24.8. The Morgan fingerprint density at radius 2 is 1.94 bits per heavy atom. The number of pyridine rings is 1. The van der Waals surface area contributed by atoms with Crippen LogP contribution in [0.25, 0.3) is 0 Å². The summed E-state index contributed by atoms with van der Waals surface area (Å²) >= 11 is 6.20. The highest BCUT2D eigenvalue weighted by molar-refractivity contribution is 7.92. The van der Waals surface area contributed by atoms with Gasteiger partial charge in [-0.25, -0.2) is 22.2 Å². The van der Waals surface area contributed by atoms with Crippen LogP contribution < -0.4 is 9.62 Å². The molecule has 0 saturated carbocycles. The molecule has 12 heteroatoms. The number of methoxy groups -OCH3 is 1. The topological polar surface area (TPSA) is 74.8 Å². The van der Waals surface area contributed by atoms with E-state index >= 15 is 4.39 Å². The molecule has 0 bridgehead atoms. The number of nitrogens with zero attached hydrogens (tertiary/aromatic N) is 3. The number of anilines is 2. The average Bonchev–Trinajstić information content (AvgIpc) is 3.16. The Morgan fingerprint density at radius 3 is 2.52 bits per heavy atom. The Bertz CT molecular complexity index is 1160. The largest absolute Gasteiger partial charge is 0.374 e. The highest BCUT2D eigenvalue weighted by Crippen LogP contribution is 2.43. The lowest BCUT2D eigenvalue weighted by Gasteiger charge is -2.47. The molecule has 0 unspecified atom stereocenters. The third kappa shape index (κ3) is 4.51. The maximum absolute atomic E-state index is 15.1. The smallest absolute Gasteiger partial charge is 0.268 e. The van der Waals surface area contributed by atoms with Gasteiger partial charge < -0.3 is 14.5 Å². The van der Waals surface area contributed by atoms with Crippen molar-refractivity contribution < 1.29 is 26.3 Å². The van der Waals surface area contributed by atoms with Crippen molar-refractivity contribution in [2.24, 2.45) is 0 Å². The van der Waals surface area contributed by atoms with E-state index in [-0.39, 0.29) is 12.2 Å². The van der Waals surface area contributed by atoms with E-state index in [0.29, 0.717) is 13.0 Å². The van der Waals surface area contributed by atoms with Crippen LogP contribution in [0.3, 0.4) is 0 Å². The van der Waals surface area contributed by atoms with Gasteiger partial charge in [0, 0.05) is 31.8 Å². The zero-order valence-corrected chi connectivity index (χ0v) is 20.5. The van der Waals surface area contributed by atoms with Gasteiger partial charge in [0.25, 0.3) is 10.0 Å². The minimum atomic E-state index is -4.78. The third-order valence-electron chi connectivity index (χ3n) is 6.52. The van der Waals surface area contributed by atoms with Gasteiger partial charge >= 0.3 is 0 Å². The van der Waals surface area contributed by atoms with Crippen molar-refractivity contribution in [3.05, 3.63) is 46.9 Å². The Hall–Kier alpha value is -2.08. The molecular formula is C21H26ClF3N4O3S. The predicted molar refractivity (Wildman–Crippen MR) is 121 cm³/mol. The van der Waals surface area contributed by atoms with Crippen LogP contribution in [-0.2, 0) is 14.8 Å². The van der Waals surface area contributed by atoms with E-state index in [4.69, 9.17) is 16.3 Å². The molecule has 0 aliphatic carbocycles. The molecular weight excluding hydrogens is 481 g/mol. The highest BCUT2D eigenvalue weighted by atomic mass is 35.5. The SMILES string of the molecule is CO[C@@]1(C(C)(C)N(C)C)CCN(c2cc(F)c(S(=O)(=O)Nc3cccc(F)n3)c(F)c2Cl)C1. The first-order valence-electron chi connectivity index (χ1n) is 10.1. The van der Waals surface area contributed by atoms with Crippen molar-refractivity contribution in [3.8, 4) is 0 Å². The Balaban J connectivity index is 1.98. The maximum atomic E-state index is 15.1. The minimum Gasteiger partial charge on any atom is -0.374 e. The molecule has 1 aliphatic heterocycles. The fraction of sp³-hybridized carbons (Fsp3) is 0.476. The van der Waals surface area contributed by atoms with Gasteiger partial charge in [-0.3, -0.25) is 4.72 Å². The Kier molecular flexibility index (Phi) is 6.92. The molecule has 1 saturated heterocycles. The summed E-state index contributed by atoms with van der Waals surface area (Å²) in [6, 6.07) is 4.23. The molecule has 7 nitrogen and oxygen atoms in total. The van der Waals surface area contributed by atoms with Crippen molar-refractivity contribution >= 4 is 33.1 Å². The molecule has 1 fully saturated rings. The number of likely N-dealkylation sites (N-methyl/N-ethyl adjacent to an activating group) is 1. The summed E-state index contributed by atoms with van der Waals surface area (Å²) in [5.74, 6) is -4.17. The van der Waals surface area contributed by atoms with E-state index in [2.05, 4.69) is 4.98 Å². The second-order valence-electron chi connectivity index (χ2n) is 8.61. The van der Waals surface area contributed by atoms with Gasteiger partial charge in [0.05, 0.1) is 5.69 Å². The van der Waals surface area contributed by atoms with Gasteiger partial charge in [-0.05, 0) is 46.5 Å². The highest BCUT2D eigenvalue weighted by Gasteiger charge is 2.51. The van der Waals surface area contributed by atoms with Crippen LogP contribution in [0.4, 0.5) is 24.7 Å². The van der Waals surface area contributed by atoms with Gasteiger partial charge in [-0.2, -0.15) is 4.39 Å². The predicted octanol–water partition coefficient (Wildman–Crippen LogP) is 3.89. The van der Waals surface area contributed by atoms with Gasteiger partial charge in [0.1, 0.15) is 22.3 Å². The van der Waals surface area contributed by atoms with Crippen LogP contribution in [0.2, 0.25) is 5.02 Å². The van der Waals surface area contributed by atoms with Crippen LogP contribution in [0.5, 0.6) is 0 Å². The number of aromatic nitrogens is 1.